The lowest BCUT2D eigenvalue weighted by Gasteiger charge is -2.34. The van der Waals surface area contributed by atoms with Crippen molar-refractivity contribution in [1.82, 2.24) is 14.8 Å². The van der Waals surface area contributed by atoms with E-state index in [0.29, 0.717) is 17.8 Å². The number of carbonyl (C=O) groups is 1. The number of hydrogen-bond acceptors (Lipinski definition) is 5. The summed E-state index contributed by atoms with van der Waals surface area (Å²) in [5.41, 5.74) is 1.01. The van der Waals surface area contributed by atoms with Gasteiger partial charge in [0.1, 0.15) is 0 Å². The number of hydrogen-bond donors (Lipinski definition) is 0. The quantitative estimate of drug-likeness (QED) is 0.438. The van der Waals surface area contributed by atoms with Crippen molar-refractivity contribution in [1.29, 1.82) is 0 Å². The van der Waals surface area contributed by atoms with Crippen LogP contribution in [0.1, 0.15) is 51.0 Å². The average Bonchev–Trinajstić information content (AvgIpc) is 3.31. The third-order valence-corrected chi connectivity index (χ3v) is 7.68. The second-order valence-electron chi connectivity index (χ2n) is 8.06. The van der Waals surface area contributed by atoms with Crippen molar-refractivity contribution in [2.75, 3.05) is 10.7 Å². The number of benzene rings is 1. The molecule has 5 nitrogen and oxygen atoms in total. The minimum absolute atomic E-state index is 0.168. The predicted molar refractivity (Wildman–Crippen MR) is 123 cm³/mol. The molecule has 2 aliphatic rings. The van der Waals surface area contributed by atoms with Crippen LogP contribution in [0.2, 0.25) is 0 Å². The first-order valence-corrected chi connectivity index (χ1v) is 12.7. The van der Waals surface area contributed by atoms with Gasteiger partial charge in [0.25, 0.3) is 0 Å². The molecule has 0 unspecified atom stereocenters. The van der Waals surface area contributed by atoms with Gasteiger partial charge in [-0.2, -0.15) is 0 Å². The van der Waals surface area contributed by atoms with Crippen LogP contribution in [-0.4, -0.2) is 32.5 Å². The molecular weight excluding hydrogens is 412 g/mol. The van der Waals surface area contributed by atoms with E-state index >= 15 is 0 Å². The molecule has 2 aliphatic carbocycles. The third kappa shape index (κ3) is 4.18. The fraction of sp³-hybridized carbons (Fsp3) is 0.435. The van der Waals surface area contributed by atoms with Gasteiger partial charge >= 0.3 is 0 Å². The molecule has 2 saturated carbocycles. The van der Waals surface area contributed by atoms with Crippen LogP contribution in [0, 0.1) is 0 Å². The number of aromatic nitrogens is 3. The van der Waals surface area contributed by atoms with E-state index in [2.05, 4.69) is 38.3 Å². The lowest BCUT2D eigenvalue weighted by atomic mass is 9.93. The standard InChI is InChI=1S/C23H26N4OS2/c28-21(26(17-8-3-1-4-9-17)18-10-5-2-6-11-18)16-30-23-25-24-22(20-12-7-15-29-20)27(23)19-13-14-19/h1,3-4,7-9,12,15,18-19H,2,5-6,10-11,13-14,16H2. The summed E-state index contributed by atoms with van der Waals surface area (Å²) in [6.07, 6.45) is 8.19. The SMILES string of the molecule is O=C(CSc1nnc(-c2cccs2)n1C1CC1)N(c1ccccc1)C1CCCCC1. The van der Waals surface area contributed by atoms with Crippen LogP contribution >= 0.6 is 23.1 Å². The van der Waals surface area contributed by atoms with Crippen LogP contribution in [0.15, 0.2) is 53.0 Å². The van der Waals surface area contributed by atoms with Gasteiger partial charge in [0.2, 0.25) is 5.91 Å². The maximum atomic E-state index is 13.4. The number of para-hydroxylation sites is 1. The monoisotopic (exact) mass is 438 g/mol. The van der Waals surface area contributed by atoms with E-state index in [1.165, 1.54) is 31.0 Å². The molecule has 2 fully saturated rings. The lowest BCUT2D eigenvalue weighted by molar-refractivity contribution is -0.116. The Labute approximate surface area is 185 Å². The fourth-order valence-electron chi connectivity index (χ4n) is 4.29. The maximum absolute atomic E-state index is 13.4. The lowest BCUT2D eigenvalue weighted by Crippen LogP contribution is -2.42. The van der Waals surface area contributed by atoms with Gasteiger partial charge in [-0.25, -0.2) is 0 Å². The highest BCUT2D eigenvalue weighted by Crippen LogP contribution is 2.42. The molecule has 1 amide bonds. The Morgan fingerprint density at radius 2 is 1.83 bits per heavy atom. The normalized spacial score (nSPS) is 17.2. The maximum Gasteiger partial charge on any atom is 0.237 e. The van der Waals surface area contributed by atoms with Gasteiger partial charge in [-0.1, -0.05) is 55.3 Å². The zero-order chi connectivity index (χ0) is 20.3. The van der Waals surface area contributed by atoms with Crippen molar-refractivity contribution < 1.29 is 4.79 Å². The topological polar surface area (TPSA) is 51.0 Å². The van der Waals surface area contributed by atoms with Crippen LogP contribution in [0.3, 0.4) is 0 Å². The van der Waals surface area contributed by atoms with Gasteiger partial charge in [-0.15, -0.1) is 21.5 Å². The molecule has 2 heterocycles. The zero-order valence-electron chi connectivity index (χ0n) is 16.9. The van der Waals surface area contributed by atoms with E-state index < -0.39 is 0 Å². The molecule has 0 N–H and O–H groups in total. The van der Waals surface area contributed by atoms with Crippen LogP contribution in [-0.2, 0) is 4.79 Å². The van der Waals surface area contributed by atoms with E-state index in [0.717, 1.165) is 47.2 Å². The Morgan fingerprint density at radius 3 is 2.53 bits per heavy atom. The molecule has 5 rings (SSSR count). The molecule has 1 aromatic carbocycles. The Kier molecular flexibility index (Phi) is 5.91. The van der Waals surface area contributed by atoms with Gasteiger partial charge in [-0.05, 0) is 49.3 Å². The number of amides is 1. The summed E-state index contributed by atoms with van der Waals surface area (Å²) >= 11 is 3.22. The Bertz CT molecular complexity index is 976. The average molecular weight is 439 g/mol. The van der Waals surface area contributed by atoms with Gasteiger partial charge < -0.3 is 4.90 Å². The fourth-order valence-corrected chi connectivity index (χ4v) is 5.86. The third-order valence-electron chi connectivity index (χ3n) is 5.89. The van der Waals surface area contributed by atoms with Crippen LogP contribution in [0.5, 0.6) is 0 Å². The Morgan fingerprint density at radius 1 is 1.03 bits per heavy atom. The summed E-state index contributed by atoms with van der Waals surface area (Å²) in [5.74, 6) is 1.50. The van der Waals surface area contributed by atoms with Crippen molar-refractivity contribution >= 4 is 34.7 Å². The Hall–Kier alpha value is -2.12. The van der Waals surface area contributed by atoms with Gasteiger partial charge in [0.15, 0.2) is 11.0 Å². The van der Waals surface area contributed by atoms with E-state index in [-0.39, 0.29) is 5.91 Å². The van der Waals surface area contributed by atoms with Crippen LogP contribution < -0.4 is 4.90 Å². The molecule has 0 atom stereocenters. The number of anilines is 1. The molecule has 7 heteroatoms. The highest BCUT2D eigenvalue weighted by molar-refractivity contribution is 7.99. The second kappa shape index (κ2) is 8.94. The zero-order valence-corrected chi connectivity index (χ0v) is 18.6. The Balaban J connectivity index is 1.35. The second-order valence-corrected chi connectivity index (χ2v) is 9.95. The summed E-state index contributed by atoms with van der Waals surface area (Å²) in [4.78, 5) is 16.6. The molecule has 0 bridgehead atoms. The first-order valence-electron chi connectivity index (χ1n) is 10.8. The molecule has 3 aromatic rings. The molecule has 156 valence electrons. The van der Waals surface area contributed by atoms with Crippen LogP contribution in [0.25, 0.3) is 10.7 Å². The number of carbonyl (C=O) groups excluding carboxylic acids is 1. The number of thiophene rings is 1. The van der Waals surface area contributed by atoms with Crippen molar-refractivity contribution in [2.45, 2.75) is 62.2 Å². The van der Waals surface area contributed by atoms with E-state index in [9.17, 15) is 4.79 Å². The molecular formula is C23H26N4OS2. The first-order chi connectivity index (χ1) is 14.8. The van der Waals surface area contributed by atoms with Gasteiger partial charge in [0, 0.05) is 17.8 Å². The van der Waals surface area contributed by atoms with E-state index in [1.54, 1.807) is 11.3 Å². The minimum atomic E-state index is 0.168. The molecule has 0 aliphatic heterocycles. The number of nitrogens with zero attached hydrogens (tertiary/aromatic N) is 4. The van der Waals surface area contributed by atoms with Crippen LogP contribution in [0.4, 0.5) is 5.69 Å². The minimum Gasteiger partial charge on any atom is -0.309 e. The van der Waals surface area contributed by atoms with Crippen molar-refractivity contribution in [3.8, 4) is 10.7 Å². The van der Waals surface area contributed by atoms with Gasteiger partial charge in [0.05, 0.1) is 10.6 Å². The van der Waals surface area contributed by atoms with Crippen molar-refractivity contribution in [3.63, 3.8) is 0 Å². The highest BCUT2D eigenvalue weighted by atomic mass is 32.2. The number of thioether (sulfide) groups is 1. The molecule has 2 aromatic heterocycles. The largest absolute Gasteiger partial charge is 0.309 e. The summed E-state index contributed by atoms with van der Waals surface area (Å²) < 4.78 is 2.25. The molecule has 0 saturated heterocycles. The smallest absolute Gasteiger partial charge is 0.237 e. The first kappa shape index (κ1) is 19.8. The summed E-state index contributed by atoms with van der Waals surface area (Å²) in [6.45, 7) is 0. The van der Waals surface area contributed by atoms with E-state index in [4.69, 9.17) is 0 Å². The van der Waals surface area contributed by atoms with Gasteiger partial charge in [-0.3, -0.25) is 9.36 Å². The molecule has 0 radical (unpaired) electrons. The summed E-state index contributed by atoms with van der Waals surface area (Å²) in [7, 11) is 0. The highest BCUT2D eigenvalue weighted by Gasteiger charge is 2.32. The number of rotatable bonds is 7. The van der Waals surface area contributed by atoms with E-state index in [1.807, 2.05) is 29.2 Å². The molecule has 30 heavy (non-hydrogen) atoms. The summed E-state index contributed by atoms with van der Waals surface area (Å²) in [6, 6.07) is 15.1. The summed E-state index contributed by atoms with van der Waals surface area (Å²) in [5, 5.41) is 11.9. The van der Waals surface area contributed by atoms with Crippen molar-refractivity contribution in [2.24, 2.45) is 0 Å². The van der Waals surface area contributed by atoms with Crippen molar-refractivity contribution in [3.05, 3.63) is 47.8 Å². The predicted octanol–water partition coefficient (Wildman–Crippen LogP) is 5.80. The molecule has 0 spiro atoms.